The third-order valence-corrected chi connectivity index (χ3v) is 3.02. The Labute approximate surface area is 95.0 Å². The SMILES string of the molecule is Cc1ccc(CCCCO)c2c1C(=O)OC2. The molecule has 2 rings (SSSR count). The molecular formula is C13H16O3. The van der Waals surface area contributed by atoms with Crippen LogP contribution in [0.3, 0.4) is 0 Å². The standard InChI is InChI=1S/C13H16O3/c1-9-5-6-10(4-2-3-7-14)11-8-16-13(15)12(9)11/h5-6,14H,2-4,7-8H2,1H3. The summed E-state index contributed by atoms with van der Waals surface area (Å²) in [7, 11) is 0. The summed E-state index contributed by atoms with van der Waals surface area (Å²) in [4.78, 5) is 11.5. The summed E-state index contributed by atoms with van der Waals surface area (Å²) in [5, 5.41) is 8.75. The molecule has 0 aromatic heterocycles. The first-order valence-electron chi connectivity index (χ1n) is 5.63. The molecule has 1 aromatic rings. The summed E-state index contributed by atoms with van der Waals surface area (Å²) in [6.07, 6.45) is 2.65. The van der Waals surface area contributed by atoms with E-state index in [0.29, 0.717) is 6.61 Å². The predicted octanol–water partition coefficient (Wildman–Crippen LogP) is 1.98. The van der Waals surface area contributed by atoms with Crippen molar-refractivity contribution in [1.82, 2.24) is 0 Å². The second kappa shape index (κ2) is 4.66. The lowest BCUT2D eigenvalue weighted by molar-refractivity contribution is 0.0534. The number of benzene rings is 1. The van der Waals surface area contributed by atoms with E-state index in [9.17, 15) is 4.79 Å². The first-order valence-corrected chi connectivity index (χ1v) is 5.63. The third-order valence-electron chi connectivity index (χ3n) is 3.02. The van der Waals surface area contributed by atoms with Crippen molar-refractivity contribution >= 4 is 5.97 Å². The minimum Gasteiger partial charge on any atom is -0.457 e. The first-order chi connectivity index (χ1) is 7.74. The second-order valence-electron chi connectivity index (χ2n) is 4.15. The van der Waals surface area contributed by atoms with Crippen LogP contribution < -0.4 is 0 Å². The van der Waals surface area contributed by atoms with Crippen molar-refractivity contribution in [3.05, 3.63) is 34.4 Å². The maximum atomic E-state index is 11.5. The van der Waals surface area contributed by atoms with Gasteiger partial charge in [-0.2, -0.15) is 0 Å². The molecule has 0 fully saturated rings. The molecule has 1 aliphatic rings. The number of carbonyl (C=O) groups is 1. The minimum atomic E-state index is -0.198. The van der Waals surface area contributed by atoms with Crippen molar-refractivity contribution < 1.29 is 14.6 Å². The molecule has 86 valence electrons. The molecule has 3 nitrogen and oxygen atoms in total. The fourth-order valence-corrected chi connectivity index (χ4v) is 2.13. The van der Waals surface area contributed by atoms with E-state index in [1.165, 1.54) is 5.56 Å². The average Bonchev–Trinajstić information content (AvgIpc) is 2.66. The number of aliphatic hydroxyl groups is 1. The Kier molecular flexibility index (Phi) is 3.25. The number of aliphatic hydroxyl groups excluding tert-OH is 1. The maximum absolute atomic E-state index is 11.5. The number of carbonyl (C=O) groups excluding carboxylic acids is 1. The van der Waals surface area contributed by atoms with Crippen LogP contribution in [0.1, 0.15) is 39.9 Å². The molecule has 0 atom stereocenters. The van der Waals surface area contributed by atoms with Crippen LogP contribution in [-0.2, 0) is 17.8 Å². The van der Waals surface area contributed by atoms with Crippen LogP contribution in [0, 0.1) is 6.92 Å². The number of rotatable bonds is 4. The Morgan fingerprint density at radius 2 is 2.19 bits per heavy atom. The number of unbranched alkanes of at least 4 members (excludes halogenated alkanes) is 1. The fourth-order valence-electron chi connectivity index (χ4n) is 2.13. The number of cyclic esters (lactones) is 1. The fraction of sp³-hybridized carbons (Fsp3) is 0.462. The van der Waals surface area contributed by atoms with Gasteiger partial charge < -0.3 is 9.84 Å². The zero-order valence-electron chi connectivity index (χ0n) is 9.45. The summed E-state index contributed by atoms with van der Waals surface area (Å²) in [5.41, 5.74) is 3.97. The smallest absolute Gasteiger partial charge is 0.339 e. The summed E-state index contributed by atoms with van der Waals surface area (Å²) < 4.78 is 5.06. The Balaban J connectivity index is 2.24. The second-order valence-corrected chi connectivity index (χ2v) is 4.15. The van der Waals surface area contributed by atoms with E-state index in [4.69, 9.17) is 9.84 Å². The summed E-state index contributed by atoms with van der Waals surface area (Å²) >= 11 is 0. The molecule has 0 amide bonds. The van der Waals surface area contributed by atoms with Gasteiger partial charge in [-0.05, 0) is 37.3 Å². The Hall–Kier alpha value is -1.35. The highest BCUT2D eigenvalue weighted by atomic mass is 16.5. The molecule has 0 saturated heterocycles. The zero-order chi connectivity index (χ0) is 11.5. The molecule has 0 spiro atoms. The van der Waals surface area contributed by atoms with E-state index in [-0.39, 0.29) is 12.6 Å². The van der Waals surface area contributed by atoms with Gasteiger partial charge in [0.15, 0.2) is 0 Å². The van der Waals surface area contributed by atoms with Crippen molar-refractivity contribution in [1.29, 1.82) is 0 Å². The summed E-state index contributed by atoms with van der Waals surface area (Å²) in [5.74, 6) is -0.198. The van der Waals surface area contributed by atoms with E-state index < -0.39 is 0 Å². The Morgan fingerprint density at radius 3 is 2.94 bits per heavy atom. The van der Waals surface area contributed by atoms with Gasteiger partial charge in [0.25, 0.3) is 0 Å². The molecule has 1 N–H and O–H groups in total. The topological polar surface area (TPSA) is 46.5 Å². The molecular weight excluding hydrogens is 204 g/mol. The van der Waals surface area contributed by atoms with E-state index in [0.717, 1.165) is 36.0 Å². The molecule has 0 saturated carbocycles. The first kappa shape index (κ1) is 11.1. The van der Waals surface area contributed by atoms with Gasteiger partial charge in [0.05, 0.1) is 5.56 Å². The highest BCUT2D eigenvalue weighted by Gasteiger charge is 2.25. The quantitative estimate of drug-likeness (QED) is 0.623. The molecule has 1 aliphatic heterocycles. The van der Waals surface area contributed by atoms with Gasteiger partial charge in [0, 0.05) is 12.2 Å². The van der Waals surface area contributed by atoms with E-state index in [1.54, 1.807) is 0 Å². The lowest BCUT2D eigenvalue weighted by atomic mass is 9.95. The summed E-state index contributed by atoms with van der Waals surface area (Å²) in [6.45, 7) is 2.57. The van der Waals surface area contributed by atoms with Crippen molar-refractivity contribution in [2.24, 2.45) is 0 Å². The number of ether oxygens (including phenoxy) is 1. The predicted molar refractivity (Wildman–Crippen MR) is 60.3 cm³/mol. The van der Waals surface area contributed by atoms with Gasteiger partial charge in [0.1, 0.15) is 6.61 Å². The lowest BCUT2D eigenvalue weighted by Gasteiger charge is -2.07. The van der Waals surface area contributed by atoms with E-state index in [2.05, 4.69) is 6.07 Å². The van der Waals surface area contributed by atoms with E-state index in [1.807, 2.05) is 13.0 Å². The number of hydrogen-bond donors (Lipinski definition) is 1. The molecule has 1 aromatic carbocycles. The largest absolute Gasteiger partial charge is 0.457 e. The number of hydrogen-bond acceptors (Lipinski definition) is 3. The van der Waals surface area contributed by atoms with Crippen molar-refractivity contribution in [3.8, 4) is 0 Å². The number of fused-ring (bicyclic) bond motifs is 1. The van der Waals surface area contributed by atoms with Gasteiger partial charge >= 0.3 is 5.97 Å². The highest BCUT2D eigenvalue weighted by Crippen LogP contribution is 2.27. The van der Waals surface area contributed by atoms with Crippen LogP contribution in [0.15, 0.2) is 12.1 Å². The van der Waals surface area contributed by atoms with Crippen molar-refractivity contribution in [2.75, 3.05) is 6.61 Å². The monoisotopic (exact) mass is 220 g/mol. The van der Waals surface area contributed by atoms with Crippen LogP contribution in [0.4, 0.5) is 0 Å². The van der Waals surface area contributed by atoms with Crippen molar-refractivity contribution in [3.63, 3.8) is 0 Å². The van der Waals surface area contributed by atoms with Crippen LogP contribution in [0.2, 0.25) is 0 Å². The van der Waals surface area contributed by atoms with Gasteiger partial charge in [0.2, 0.25) is 0 Å². The molecule has 0 aliphatic carbocycles. The van der Waals surface area contributed by atoms with Crippen molar-refractivity contribution in [2.45, 2.75) is 32.8 Å². The molecule has 3 heteroatoms. The van der Waals surface area contributed by atoms with Crippen LogP contribution in [0.25, 0.3) is 0 Å². The molecule has 0 radical (unpaired) electrons. The van der Waals surface area contributed by atoms with Crippen LogP contribution in [0.5, 0.6) is 0 Å². The maximum Gasteiger partial charge on any atom is 0.339 e. The van der Waals surface area contributed by atoms with Gasteiger partial charge in [-0.25, -0.2) is 4.79 Å². The molecule has 1 heterocycles. The summed E-state index contributed by atoms with van der Waals surface area (Å²) in [6, 6.07) is 4.03. The number of esters is 1. The third kappa shape index (κ3) is 1.95. The van der Waals surface area contributed by atoms with Crippen LogP contribution >= 0.6 is 0 Å². The Bertz CT molecular complexity index is 410. The van der Waals surface area contributed by atoms with Gasteiger partial charge in [-0.15, -0.1) is 0 Å². The molecule has 16 heavy (non-hydrogen) atoms. The molecule has 0 unspecified atom stereocenters. The molecule has 0 bridgehead atoms. The number of aryl methyl sites for hydroxylation is 2. The van der Waals surface area contributed by atoms with E-state index >= 15 is 0 Å². The highest BCUT2D eigenvalue weighted by molar-refractivity contribution is 5.95. The van der Waals surface area contributed by atoms with Crippen LogP contribution in [-0.4, -0.2) is 17.7 Å². The zero-order valence-corrected chi connectivity index (χ0v) is 9.45. The minimum absolute atomic E-state index is 0.198. The average molecular weight is 220 g/mol. The van der Waals surface area contributed by atoms with Gasteiger partial charge in [-0.3, -0.25) is 0 Å². The Morgan fingerprint density at radius 1 is 1.38 bits per heavy atom. The normalized spacial score (nSPS) is 13.8. The lowest BCUT2D eigenvalue weighted by Crippen LogP contribution is -2.00. The van der Waals surface area contributed by atoms with Gasteiger partial charge in [-0.1, -0.05) is 12.1 Å².